The van der Waals surface area contributed by atoms with E-state index in [2.05, 4.69) is 22.2 Å². The molecular formula is C25H29ClFN5O3. The Labute approximate surface area is 209 Å². The van der Waals surface area contributed by atoms with E-state index in [-0.39, 0.29) is 23.8 Å². The molecule has 2 heterocycles. The smallest absolute Gasteiger partial charge is 0.316 e. The minimum atomic E-state index is -0.734. The quantitative estimate of drug-likeness (QED) is 0.594. The van der Waals surface area contributed by atoms with Crippen molar-refractivity contribution in [2.24, 2.45) is 5.73 Å². The van der Waals surface area contributed by atoms with Crippen molar-refractivity contribution < 1.29 is 18.7 Å². The number of nitrogens with one attached hydrogen (secondary N) is 1. The first-order chi connectivity index (χ1) is 16.7. The highest BCUT2D eigenvalue weighted by Gasteiger charge is 2.41. The number of urea groups is 1. The van der Waals surface area contributed by atoms with Crippen molar-refractivity contribution in [3.05, 3.63) is 64.4 Å². The van der Waals surface area contributed by atoms with Crippen LogP contribution in [0.4, 0.5) is 14.9 Å². The molecule has 2 aromatic carbocycles. The molecule has 3 amide bonds. The monoisotopic (exact) mass is 501 g/mol. The molecule has 2 atom stereocenters. The number of carbonyl (C=O) groups excluding carboxylic acids is 2. The standard InChI is InChI=1S/C25H29ClFN5O3/c1-30-12-19-14-31(11-16-3-6-18(27)7-4-16)15-20(13-30)32(19)24(33)8-5-17-9-23(35-2)21(26)10-22(17)29-25(28)34/h3-10,19-20H,11-15H2,1-2H3,(H3,28,29,34). The summed E-state index contributed by atoms with van der Waals surface area (Å²) < 4.78 is 18.5. The van der Waals surface area contributed by atoms with Gasteiger partial charge >= 0.3 is 6.03 Å². The summed E-state index contributed by atoms with van der Waals surface area (Å²) in [5.74, 6) is 0.0668. The van der Waals surface area contributed by atoms with Crippen LogP contribution >= 0.6 is 11.6 Å². The number of primary amides is 1. The third kappa shape index (κ3) is 5.93. The zero-order valence-electron chi connectivity index (χ0n) is 19.7. The predicted octanol–water partition coefficient (Wildman–Crippen LogP) is 3.02. The lowest BCUT2D eigenvalue weighted by Gasteiger charge is -2.52. The average molecular weight is 502 g/mol. The molecule has 3 N–H and O–H groups in total. The minimum Gasteiger partial charge on any atom is -0.495 e. The van der Waals surface area contributed by atoms with Crippen LogP contribution in [-0.2, 0) is 11.3 Å². The lowest BCUT2D eigenvalue weighted by Crippen LogP contribution is -2.68. The van der Waals surface area contributed by atoms with Crippen molar-refractivity contribution in [2.45, 2.75) is 18.6 Å². The van der Waals surface area contributed by atoms with Crippen LogP contribution in [0.15, 0.2) is 42.5 Å². The van der Waals surface area contributed by atoms with Crippen molar-refractivity contribution in [1.82, 2.24) is 14.7 Å². The van der Waals surface area contributed by atoms with Gasteiger partial charge in [0.2, 0.25) is 5.91 Å². The van der Waals surface area contributed by atoms with Crippen LogP contribution in [0.2, 0.25) is 5.02 Å². The Kier molecular flexibility index (Phi) is 7.59. The van der Waals surface area contributed by atoms with Gasteiger partial charge in [-0.3, -0.25) is 9.69 Å². The maximum Gasteiger partial charge on any atom is 0.316 e. The molecule has 2 aliphatic rings. The molecule has 186 valence electrons. The number of hydrogen-bond acceptors (Lipinski definition) is 5. The molecular weight excluding hydrogens is 473 g/mol. The number of benzene rings is 2. The van der Waals surface area contributed by atoms with Crippen molar-refractivity contribution in [2.75, 3.05) is 45.7 Å². The van der Waals surface area contributed by atoms with Crippen molar-refractivity contribution in [3.8, 4) is 5.75 Å². The van der Waals surface area contributed by atoms with Gasteiger partial charge in [-0.05, 0) is 43.0 Å². The average Bonchev–Trinajstić information content (AvgIpc) is 2.78. The van der Waals surface area contributed by atoms with Crippen LogP contribution in [-0.4, -0.2) is 79.1 Å². The summed E-state index contributed by atoms with van der Waals surface area (Å²) in [5, 5.41) is 2.85. The Hall–Kier alpha value is -3.14. The van der Waals surface area contributed by atoms with Gasteiger partial charge in [0.15, 0.2) is 0 Å². The molecule has 0 saturated carbocycles. The third-order valence-electron chi connectivity index (χ3n) is 6.33. The molecule has 4 rings (SSSR count). The van der Waals surface area contributed by atoms with E-state index >= 15 is 0 Å². The van der Waals surface area contributed by atoms with Gasteiger partial charge < -0.3 is 25.6 Å². The van der Waals surface area contributed by atoms with E-state index in [1.54, 1.807) is 24.3 Å². The van der Waals surface area contributed by atoms with E-state index in [0.29, 0.717) is 28.6 Å². The second-order valence-corrected chi connectivity index (χ2v) is 9.40. The highest BCUT2D eigenvalue weighted by Crippen LogP contribution is 2.32. The van der Waals surface area contributed by atoms with Gasteiger partial charge in [0.05, 0.1) is 29.9 Å². The molecule has 8 nitrogen and oxygen atoms in total. The predicted molar refractivity (Wildman–Crippen MR) is 134 cm³/mol. The Morgan fingerprint density at radius 3 is 2.43 bits per heavy atom. The fourth-order valence-electron chi connectivity index (χ4n) is 4.92. The van der Waals surface area contributed by atoms with Crippen LogP contribution in [0.1, 0.15) is 11.1 Å². The SMILES string of the molecule is COc1cc(C=CC(=O)N2C3CN(C)CC2CN(Cc2ccc(F)cc2)C3)c(NC(N)=O)cc1Cl. The van der Waals surface area contributed by atoms with Crippen LogP contribution in [0.5, 0.6) is 5.75 Å². The summed E-state index contributed by atoms with van der Waals surface area (Å²) in [6.45, 7) is 3.68. The number of methoxy groups -OCH3 is 1. The van der Waals surface area contributed by atoms with E-state index in [0.717, 1.165) is 31.7 Å². The van der Waals surface area contributed by atoms with Crippen molar-refractivity contribution in [1.29, 1.82) is 0 Å². The van der Waals surface area contributed by atoms with Crippen LogP contribution < -0.4 is 15.8 Å². The Balaban J connectivity index is 1.51. The first kappa shape index (κ1) is 25.0. The van der Waals surface area contributed by atoms with Crippen molar-refractivity contribution >= 4 is 35.3 Å². The molecule has 10 heteroatoms. The summed E-state index contributed by atoms with van der Waals surface area (Å²) in [5.41, 5.74) is 7.27. The molecule has 0 radical (unpaired) electrons. The van der Waals surface area contributed by atoms with Crippen molar-refractivity contribution in [3.63, 3.8) is 0 Å². The minimum absolute atomic E-state index is 0.0214. The van der Waals surface area contributed by atoms with E-state index in [1.807, 2.05) is 4.90 Å². The molecule has 2 bridgehead atoms. The molecule has 2 aliphatic heterocycles. The first-order valence-corrected chi connectivity index (χ1v) is 11.7. The molecule has 2 saturated heterocycles. The summed E-state index contributed by atoms with van der Waals surface area (Å²) >= 11 is 6.18. The number of nitrogens with zero attached hydrogens (tertiary/aromatic N) is 3. The maximum absolute atomic E-state index is 13.3. The summed E-state index contributed by atoms with van der Waals surface area (Å²) in [6, 6.07) is 9.04. The zero-order valence-corrected chi connectivity index (χ0v) is 20.5. The number of piperazine rings is 2. The molecule has 2 aromatic rings. The summed E-state index contributed by atoms with van der Waals surface area (Å²) in [6.07, 6.45) is 3.15. The summed E-state index contributed by atoms with van der Waals surface area (Å²) in [4.78, 5) is 31.3. The van der Waals surface area contributed by atoms with Gasteiger partial charge in [-0.2, -0.15) is 0 Å². The van der Waals surface area contributed by atoms with Crippen LogP contribution in [0, 0.1) is 5.82 Å². The first-order valence-electron chi connectivity index (χ1n) is 11.3. The van der Waals surface area contributed by atoms with E-state index in [9.17, 15) is 14.0 Å². The number of nitrogens with two attached hydrogens (primary N) is 1. The number of likely N-dealkylation sites (N-methyl/N-ethyl adjacent to an activating group) is 1. The summed E-state index contributed by atoms with van der Waals surface area (Å²) in [7, 11) is 3.55. The van der Waals surface area contributed by atoms with Gasteiger partial charge in [0.25, 0.3) is 0 Å². The largest absolute Gasteiger partial charge is 0.495 e. The number of fused-ring (bicyclic) bond motifs is 2. The molecule has 0 spiro atoms. The Bertz CT molecular complexity index is 1110. The number of halogens is 2. The highest BCUT2D eigenvalue weighted by atomic mass is 35.5. The fourth-order valence-corrected chi connectivity index (χ4v) is 5.16. The highest BCUT2D eigenvalue weighted by molar-refractivity contribution is 6.32. The zero-order chi connectivity index (χ0) is 25.1. The molecule has 0 aromatic heterocycles. The van der Waals surface area contributed by atoms with Gasteiger partial charge in [0, 0.05) is 44.4 Å². The number of anilines is 1. The molecule has 0 aliphatic carbocycles. The third-order valence-corrected chi connectivity index (χ3v) is 6.63. The number of rotatable bonds is 6. The van der Waals surface area contributed by atoms with Crippen LogP contribution in [0.3, 0.4) is 0 Å². The second kappa shape index (κ2) is 10.6. The topological polar surface area (TPSA) is 91.1 Å². The van der Waals surface area contributed by atoms with Gasteiger partial charge in [-0.1, -0.05) is 23.7 Å². The molecule has 2 unspecified atom stereocenters. The fraction of sp³-hybridized carbons (Fsp3) is 0.360. The lowest BCUT2D eigenvalue weighted by molar-refractivity contribution is -0.140. The number of hydrogen-bond donors (Lipinski definition) is 2. The lowest BCUT2D eigenvalue weighted by atomic mass is 9.99. The molecule has 35 heavy (non-hydrogen) atoms. The second-order valence-electron chi connectivity index (χ2n) is 8.99. The van der Waals surface area contributed by atoms with Gasteiger partial charge in [-0.15, -0.1) is 0 Å². The van der Waals surface area contributed by atoms with E-state index < -0.39 is 6.03 Å². The maximum atomic E-state index is 13.3. The van der Waals surface area contributed by atoms with E-state index in [4.69, 9.17) is 22.1 Å². The Morgan fingerprint density at radius 2 is 1.83 bits per heavy atom. The van der Waals surface area contributed by atoms with E-state index in [1.165, 1.54) is 31.4 Å². The normalized spacial score (nSPS) is 20.7. The number of ether oxygens (including phenoxy) is 1. The molecule has 2 fully saturated rings. The number of carbonyl (C=O) groups is 2. The number of amides is 3. The van der Waals surface area contributed by atoms with Gasteiger partial charge in [0.1, 0.15) is 11.6 Å². The van der Waals surface area contributed by atoms with Crippen LogP contribution in [0.25, 0.3) is 6.08 Å². The van der Waals surface area contributed by atoms with Gasteiger partial charge in [-0.25, -0.2) is 9.18 Å². The Morgan fingerprint density at radius 1 is 1.17 bits per heavy atom.